The second-order valence-electron chi connectivity index (χ2n) is 17.6. The summed E-state index contributed by atoms with van der Waals surface area (Å²) in [5, 5.41) is 0. The SMILES string of the molecule is CCCCc1c(C)c(C2(c3c(C)c(CCCC)c(CCCC)c(CCCC)c3C)c3cc(C)ccc3-c3ccc(C)cc32)c(C)c(CCCC)c1CCCC. The molecule has 0 aliphatic heterocycles. The van der Waals surface area contributed by atoms with Crippen molar-refractivity contribution in [2.24, 2.45) is 0 Å². The molecule has 0 bridgehead atoms. The maximum Gasteiger partial charge on any atom is 0.0724 e. The highest BCUT2D eigenvalue weighted by molar-refractivity contribution is 5.89. The fourth-order valence-corrected chi connectivity index (χ4v) is 10.9. The van der Waals surface area contributed by atoms with Crippen LogP contribution >= 0.6 is 0 Å². The number of unbranched alkanes of at least 4 members (excludes halogenated alkanes) is 6. The Labute approximate surface area is 339 Å². The van der Waals surface area contributed by atoms with Gasteiger partial charge in [-0.25, -0.2) is 0 Å². The second-order valence-corrected chi connectivity index (χ2v) is 17.6. The zero-order chi connectivity index (χ0) is 39.9. The molecule has 0 radical (unpaired) electrons. The molecule has 0 aromatic heterocycles. The van der Waals surface area contributed by atoms with E-state index in [0.29, 0.717) is 0 Å². The maximum atomic E-state index is 2.62. The van der Waals surface area contributed by atoms with Crippen molar-refractivity contribution in [3.05, 3.63) is 125 Å². The van der Waals surface area contributed by atoms with Gasteiger partial charge in [0.1, 0.15) is 0 Å². The predicted molar refractivity (Wildman–Crippen MR) is 244 cm³/mol. The maximum absolute atomic E-state index is 2.62. The highest BCUT2D eigenvalue weighted by Crippen LogP contribution is 2.61. The minimum absolute atomic E-state index is 0.387. The Kier molecular flexibility index (Phi) is 15.1. The van der Waals surface area contributed by atoms with Crippen LogP contribution in [0.5, 0.6) is 0 Å². The molecule has 5 rings (SSSR count). The Balaban J connectivity index is 2.13. The highest BCUT2D eigenvalue weighted by atomic mass is 14.5. The minimum atomic E-state index is -0.387. The molecular formula is C55H78. The van der Waals surface area contributed by atoms with Crippen LogP contribution in [0.4, 0.5) is 0 Å². The summed E-state index contributed by atoms with van der Waals surface area (Å²) in [5.41, 5.74) is 28.0. The van der Waals surface area contributed by atoms with E-state index in [0.717, 1.165) is 0 Å². The first kappa shape index (κ1) is 43.0. The number of fused-ring (bicyclic) bond motifs is 3. The molecule has 298 valence electrons. The number of hydrogen-bond donors (Lipinski definition) is 0. The van der Waals surface area contributed by atoms with Crippen LogP contribution in [0, 0.1) is 41.5 Å². The summed E-state index contributed by atoms with van der Waals surface area (Å²) in [4.78, 5) is 0. The van der Waals surface area contributed by atoms with Gasteiger partial charge in [-0.2, -0.15) is 0 Å². The highest BCUT2D eigenvalue weighted by Gasteiger charge is 2.50. The van der Waals surface area contributed by atoms with Crippen molar-refractivity contribution in [1.29, 1.82) is 0 Å². The van der Waals surface area contributed by atoms with E-state index in [1.807, 2.05) is 0 Å². The fourth-order valence-electron chi connectivity index (χ4n) is 10.9. The van der Waals surface area contributed by atoms with Crippen molar-refractivity contribution in [3.63, 3.8) is 0 Å². The van der Waals surface area contributed by atoms with E-state index in [4.69, 9.17) is 0 Å². The molecule has 0 saturated heterocycles. The molecule has 55 heavy (non-hydrogen) atoms. The third-order valence-corrected chi connectivity index (χ3v) is 13.6. The largest absolute Gasteiger partial charge is 0.0724 e. The molecule has 1 aliphatic rings. The van der Waals surface area contributed by atoms with E-state index in [9.17, 15) is 0 Å². The van der Waals surface area contributed by atoms with Gasteiger partial charge >= 0.3 is 0 Å². The number of aryl methyl sites for hydroxylation is 2. The third-order valence-electron chi connectivity index (χ3n) is 13.6. The van der Waals surface area contributed by atoms with Crippen LogP contribution in [0.1, 0.15) is 208 Å². The fraction of sp³-hybridized carbons (Fsp3) is 0.564. The Bertz CT molecular complexity index is 1720. The van der Waals surface area contributed by atoms with Gasteiger partial charge in [0.15, 0.2) is 0 Å². The quantitative estimate of drug-likeness (QED) is 0.0746. The smallest absolute Gasteiger partial charge is 0.0654 e. The lowest BCUT2D eigenvalue weighted by atomic mass is 9.60. The first-order valence-electron chi connectivity index (χ1n) is 23.1. The van der Waals surface area contributed by atoms with E-state index < -0.39 is 0 Å². The normalized spacial score (nSPS) is 13.1. The van der Waals surface area contributed by atoms with E-state index >= 15 is 0 Å². The van der Waals surface area contributed by atoms with Gasteiger partial charge in [-0.15, -0.1) is 0 Å². The van der Waals surface area contributed by atoms with Gasteiger partial charge in [0.05, 0.1) is 5.41 Å². The average molecular weight is 739 g/mol. The van der Waals surface area contributed by atoms with Crippen molar-refractivity contribution >= 4 is 0 Å². The van der Waals surface area contributed by atoms with Gasteiger partial charge in [0.2, 0.25) is 0 Å². The van der Waals surface area contributed by atoms with Crippen LogP contribution in [0.25, 0.3) is 11.1 Å². The second kappa shape index (κ2) is 19.4. The first-order chi connectivity index (χ1) is 26.6. The van der Waals surface area contributed by atoms with Crippen molar-refractivity contribution in [2.75, 3.05) is 0 Å². The molecule has 0 heteroatoms. The lowest BCUT2D eigenvalue weighted by Crippen LogP contribution is -2.35. The van der Waals surface area contributed by atoms with Crippen molar-refractivity contribution in [3.8, 4) is 11.1 Å². The molecule has 0 saturated carbocycles. The van der Waals surface area contributed by atoms with Crippen LogP contribution in [-0.2, 0) is 43.9 Å². The Morgan fingerprint density at radius 3 is 0.855 bits per heavy atom. The Morgan fingerprint density at radius 1 is 0.345 bits per heavy atom. The summed E-state index contributed by atoms with van der Waals surface area (Å²) in [6.07, 6.45) is 22.1. The Hall–Kier alpha value is -3.12. The monoisotopic (exact) mass is 739 g/mol. The van der Waals surface area contributed by atoms with Crippen LogP contribution in [-0.4, -0.2) is 0 Å². The Morgan fingerprint density at radius 2 is 0.600 bits per heavy atom. The average Bonchev–Trinajstić information content (AvgIpc) is 3.43. The molecule has 0 N–H and O–H groups in total. The molecule has 4 aromatic carbocycles. The van der Waals surface area contributed by atoms with Crippen molar-refractivity contribution < 1.29 is 0 Å². The van der Waals surface area contributed by atoms with Crippen molar-refractivity contribution in [1.82, 2.24) is 0 Å². The molecule has 0 spiro atoms. The van der Waals surface area contributed by atoms with Gasteiger partial charge < -0.3 is 0 Å². The summed E-state index contributed by atoms with van der Waals surface area (Å²) in [7, 11) is 0. The summed E-state index contributed by atoms with van der Waals surface area (Å²) < 4.78 is 0. The zero-order valence-corrected chi connectivity index (χ0v) is 37.7. The topological polar surface area (TPSA) is 0 Å². The van der Waals surface area contributed by atoms with Crippen LogP contribution in [0.3, 0.4) is 0 Å². The van der Waals surface area contributed by atoms with E-state index in [1.54, 1.807) is 66.8 Å². The van der Waals surface area contributed by atoms with Crippen LogP contribution < -0.4 is 0 Å². The standard InChI is InChI=1S/C55H78/c1-13-19-25-43-39(9)53(40(10)44(26-20-14-2)47(43)29-23-17-5)55(51-35-37(7)31-33-49(51)50-34-32-38(8)36-52(50)55)54-41(11)45(27-21-15-3)48(30-24-18-6)46(42(54)12)28-22-16-4/h31-36H,13-30H2,1-12H3. The first-order valence-corrected chi connectivity index (χ1v) is 23.1. The zero-order valence-electron chi connectivity index (χ0n) is 37.7. The summed E-state index contributed by atoms with van der Waals surface area (Å²) in [6.45, 7) is 29.2. The van der Waals surface area contributed by atoms with Gasteiger partial charge in [-0.1, -0.05) is 128 Å². The van der Waals surface area contributed by atoms with Crippen molar-refractivity contribution in [2.45, 2.75) is 204 Å². The van der Waals surface area contributed by atoms with Gasteiger partial charge in [0, 0.05) is 0 Å². The summed E-state index contributed by atoms with van der Waals surface area (Å²) >= 11 is 0. The molecule has 4 aromatic rings. The summed E-state index contributed by atoms with van der Waals surface area (Å²) in [5.74, 6) is 0. The minimum Gasteiger partial charge on any atom is -0.0654 e. The predicted octanol–water partition coefficient (Wildman–Crippen LogP) is 16.0. The lowest BCUT2D eigenvalue weighted by molar-refractivity contribution is 0.684. The van der Waals surface area contributed by atoms with E-state index in [1.165, 1.54) is 149 Å². The third kappa shape index (κ3) is 8.05. The molecule has 1 aliphatic carbocycles. The summed E-state index contributed by atoms with van der Waals surface area (Å²) in [6, 6.07) is 14.9. The van der Waals surface area contributed by atoms with E-state index in [-0.39, 0.29) is 5.41 Å². The number of benzene rings is 4. The van der Waals surface area contributed by atoms with Gasteiger partial charge in [0.25, 0.3) is 0 Å². The number of hydrogen-bond acceptors (Lipinski definition) is 0. The number of rotatable bonds is 20. The molecule has 0 unspecified atom stereocenters. The lowest BCUT2D eigenvalue weighted by Gasteiger charge is -2.42. The molecule has 0 heterocycles. The molecule has 0 atom stereocenters. The van der Waals surface area contributed by atoms with Gasteiger partial charge in [-0.05, 0) is 208 Å². The molecular weight excluding hydrogens is 661 g/mol. The van der Waals surface area contributed by atoms with E-state index in [2.05, 4.69) is 119 Å². The molecule has 0 fully saturated rings. The van der Waals surface area contributed by atoms with Crippen LogP contribution in [0.15, 0.2) is 36.4 Å². The molecule has 0 nitrogen and oxygen atoms in total. The molecule has 0 amide bonds. The van der Waals surface area contributed by atoms with Gasteiger partial charge in [-0.3, -0.25) is 0 Å². The van der Waals surface area contributed by atoms with Crippen LogP contribution in [0.2, 0.25) is 0 Å².